The summed E-state index contributed by atoms with van der Waals surface area (Å²) in [4.78, 5) is 2.53. The van der Waals surface area contributed by atoms with Crippen LogP contribution < -0.4 is 5.32 Å². The second-order valence-corrected chi connectivity index (χ2v) is 4.85. The Kier molecular flexibility index (Phi) is 3.62. The van der Waals surface area contributed by atoms with Gasteiger partial charge in [0.25, 0.3) is 0 Å². The molecule has 1 N–H and O–H groups in total. The smallest absolute Gasteiger partial charge is 0.0534 e. The van der Waals surface area contributed by atoms with Gasteiger partial charge in [-0.15, -0.1) is 0 Å². The van der Waals surface area contributed by atoms with Crippen molar-refractivity contribution in [3.63, 3.8) is 0 Å². The highest BCUT2D eigenvalue weighted by atomic mass is 15.2. The van der Waals surface area contributed by atoms with Gasteiger partial charge in [-0.2, -0.15) is 0 Å². The normalized spacial score (nSPS) is 27.6. The van der Waals surface area contributed by atoms with E-state index in [1.54, 1.807) is 0 Å². The first kappa shape index (κ1) is 11.6. The van der Waals surface area contributed by atoms with Gasteiger partial charge >= 0.3 is 0 Å². The average molecular weight is 218 g/mol. The van der Waals surface area contributed by atoms with Crippen molar-refractivity contribution in [1.82, 2.24) is 10.2 Å². The Morgan fingerprint density at radius 3 is 2.75 bits per heavy atom. The molecule has 0 bridgehead atoms. The van der Waals surface area contributed by atoms with Crippen LogP contribution in [0.2, 0.25) is 0 Å². The van der Waals surface area contributed by atoms with Crippen LogP contribution in [0.3, 0.4) is 0 Å². The summed E-state index contributed by atoms with van der Waals surface area (Å²) in [5.41, 5.74) is 1.50. The van der Waals surface area contributed by atoms with Crippen LogP contribution in [0.5, 0.6) is 0 Å². The van der Waals surface area contributed by atoms with Gasteiger partial charge < -0.3 is 10.2 Å². The number of likely N-dealkylation sites (N-methyl/N-ethyl adjacent to an activating group) is 1. The molecule has 2 nitrogen and oxygen atoms in total. The monoisotopic (exact) mass is 218 g/mol. The minimum Gasteiger partial charge on any atom is -0.307 e. The Balaban J connectivity index is 2.22. The number of nitrogens with zero attached hydrogens (tertiary/aromatic N) is 1. The quantitative estimate of drug-likeness (QED) is 0.819. The molecule has 1 aromatic rings. The lowest BCUT2D eigenvalue weighted by Gasteiger charge is -2.33. The van der Waals surface area contributed by atoms with Crippen molar-refractivity contribution in [2.75, 3.05) is 26.2 Å². The predicted octanol–water partition coefficient (Wildman–Crippen LogP) is 2.22. The van der Waals surface area contributed by atoms with Crippen molar-refractivity contribution in [3.05, 3.63) is 35.9 Å². The van der Waals surface area contributed by atoms with Crippen LogP contribution in [0, 0.1) is 0 Å². The molecule has 16 heavy (non-hydrogen) atoms. The van der Waals surface area contributed by atoms with E-state index in [4.69, 9.17) is 0 Å². The first-order chi connectivity index (χ1) is 7.74. The zero-order chi connectivity index (χ0) is 11.4. The molecule has 88 valence electrons. The zero-order valence-corrected chi connectivity index (χ0v) is 10.4. The summed E-state index contributed by atoms with van der Waals surface area (Å²) in [5, 5.41) is 3.70. The fourth-order valence-corrected chi connectivity index (χ4v) is 2.52. The Labute approximate surface area is 98.7 Å². The number of benzene rings is 1. The Morgan fingerprint density at radius 2 is 2.06 bits per heavy atom. The summed E-state index contributed by atoms with van der Waals surface area (Å²) in [6, 6.07) is 10.8. The Bertz CT molecular complexity index is 323. The van der Waals surface area contributed by atoms with Gasteiger partial charge in [0, 0.05) is 6.54 Å². The molecule has 0 aromatic heterocycles. The molecule has 0 amide bonds. The van der Waals surface area contributed by atoms with E-state index < -0.39 is 0 Å². The Hall–Kier alpha value is -0.860. The summed E-state index contributed by atoms with van der Waals surface area (Å²) < 4.78 is 0. The van der Waals surface area contributed by atoms with Gasteiger partial charge in [0.2, 0.25) is 0 Å². The van der Waals surface area contributed by atoms with E-state index in [0.717, 1.165) is 19.6 Å². The topological polar surface area (TPSA) is 15.3 Å². The largest absolute Gasteiger partial charge is 0.307 e. The number of rotatable bonds is 2. The second kappa shape index (κ2) is 4.98. The van der Waals surface area contributed by atoms with E-state index in [1.165, 1.54) is 18.5 Å². The maximum atomic E-state index is 3.70. The number of hydrogen-bond donors (Lipinski definition) is 1. The highest BCUT2D eigenvalue weighted by Crippen LogP contribution is 2.23. The molecule has 1 atom stereocenters. The fourth-order valence-electron chi connectivity index (χ4n) is 2.52. The van der Waals surface area contributed by atoms with E-state index in [2.05, 4.69) is 54.4 Å². The Morgan fingerprint density at radius 1 is 1.31 bits per heavy atom. The number of hydrogen-bond acceptors (Lipinski definition) is 2. The van der Waals surface area contributed by atoms with E-state index in [-0.39, 0.29) is 5.54 Å². The molecule has 1 heterocycles. The molecule has 0 aliphatic carbocycles. The molecule has 0 spiro atoms. The first-order valence-corrected chi connectivity index (χ1v) is 6.27. The van der Waals surface area contributed by atoms with E-state index >= 15 is 0 Å². The van der Waals surface area contributed by atoms with Gasteiger partial charge in [0.05, 0.1) is 5.54 Å². The fraction of sp³-hybridized carbons (Fsp3) is 0.571. The molecule has 2 heteroatoms. The average Bonchev–Trinajstić information content (AvgIpc) is 2.53. The zero-order valence-electron chi connectivity index (χ0n) is 10.4. The van der Waals surface area contributed by atoms with Crippen molar-refractivity contribution < 1.29 is 0 Å². The first-order valence-electron chi connectivity index (χ1n) is 6.27. The van der Waals surface area contributed by atoms with Crippen LogP contribution in [0.4, 0.5) is 0 Å². The molecule has 0 saturated carbocycles. The summed E-state index contributed by atoms with van der Waals surface area (Å²) in [5.74, 6) is 0. The van der Waals surface area contributed by atoms with Gasteiger partial charge in [-0.1, -0.05) is 37.3 Å². The molecule has 0 radical (unpaired) electrons. The summed E-state index contributed by atoms with van der Waals surface area (Å²) in [6.45, 7) is 9.14. The van der Waals surface area contributed by atoms with E-state index in [0.29, 0.717) is 0 Å². The summed E-state index contributed by atoms with van der Waals surface area (Å²) >= 11 is 0. The van der Waals surface area contributed by atoms with Gasteiger partial charge in [-0.3, -0.25) is 0 Å². The van der Waals surface area contributed by atoms with Crippen LogP contribution in [-0.2, 0) is 5.54 Å². The molecule has 1 saturated heterocycles. The molecule has 1 aromatic carbocycles. The van der Waals surface area contributed by atoms with E-state index in [9.17, 15) is 0 Å². The molecular weight excluding hydrogens is 196 g/mol. The minimum atomic E-state index is 0.105. The van der Waals surface area contributed by atoms with Crippen LogP contribution >= 0.6 is 0 Å². The van der Waals surface area contributed by atoms with Gasteiger partial charge in [-0.05, 0) is 38.5 Å². The second-order valence-electron chi connectivity index (χ2n) is 4.85. The van der Waals surface area contributed by atoms with Crippen molar-refractivity contribution in [2.45, 2.75) is 25.8 Å². The maximum Gasteiger partial charge on any atom is 0.0534 e. The van der Waals surface area contributed by atoms with Crippen molar-refractivity contribution in [1.29, 1.82) is 0 Å². The third-order valence-corrected chi connectivity index (χ3v) is 3.56. The van der Waals surface area contributed by atoms with Crippen LogP contribution in [-0.4, -0.2) is 31.1 Å². The predicted molar refractivity (Wildman–Crippen MR) is 68.5 cm³/mol. The third-order valence-electron chi connectivity index (χ3n) is 3.56. The van der Waals surface area contributed by atoms with E-state index in [1.807, 2.05) is 0 Å². The molecule has 1 aliphatic rings. The molecule has 2 rings (SSSR count). The van der Waals surface area contributed by atoms with Crippen LogP contribution in [0.1, 0.15) is 25.8 Å². The number of nitrogens with one attached hydrogen (secondary N) is 1. The van der Waals surface area contributed by atoms with Crippen molar-refractivity contribution >= 4 is 0 Å². The maximum absolute atomic E-state index is 3.70. The molecule has 1 unspecified atom stereocenters. The highest BCUT2D eigenvalue weighted by molar-refractivity contribution is 5.24. The van der Waals surface area contributed by atoms with Gasteiger partial charge in [0.15, 0.2) is 0 Å². The third kappa shape index (κ3) is 2.45. The molecular formula is C14H22N2. The molecule has 1 fully saturated rings. The van der Waals surface area contributed by atoms with Gasteiger partial charge in [0.1, 0.15) is 0 Å². The SMILES string of the molecule is CCN1CCCNC(C)(c2ccccc2)C1. The van der Waals surface area contributed by atoms with Crippen LogP contribution in [0.25, 0.3) is 0 Å². The summed E-state index contributed by atoms with van der Waals surface area (Å²) in [6.07, 6.45) is 1.25. The van der Waals surface area contributed by atoms with Crippen molar-refractivity contribution in [2.24, 2.45) is 0 Å². The van der Waals surface area contributed by atoms with Crippen molar-refractivity contribution in [3.8, 4) is 0 Å². The lowest BCUT2D eigenvalue weighted by atomic mass is 9.91. The standard InChI is InChI=1S/C14H22N2/c1-3-16-11-7-10-15-14(2,12-16)13-8-5-4-6-9-13/h4-6,8-9,15H,3,7,10-12H2,1-2H3. The minimum absolute atomic E-state index is 0.105. The lowest BCUT2D eigenvalue weighted by molar-refractivity contribution is 0.230. The summed E-state index contributed by atoms with van der Waals surface area (Å²) in [7, 11) is 0. The molecule has 1 aliphatic heterocycles. The highest BCUT2D eigenvalue weighted by Gasteiger charge is 2.29. The van der Waals surface area contributed by atoms with Gasteiger partial charge in [-0.25, -0.2) is 0 Å². The van der Waals surface area contributed by atoms with Crippen LogP contribution in [0.15, 0.2) is 30.3 Å². The lowest BCUT2D eigenvalue weighted by Crippen LogP contribution is -2.46.